The molecule has 1 aromatic carbocycles. The van der Waals surface area contributed by atoms with Crippen LogP contribution in [0.25, 0.3) is 0 Å². The predicted molar refractivity (Wildman–Crippen MR) is 141 cm³/mol. The Morgan fingerprint density at radius 1 is 1.09 bits per heavy atom. The molecule has 188 valence electrons. The molecule has 35 heavy (non-hydrogen) atoms. The number of allylic oxidation sites excluding steroid dienone is 5. The maximum atomic E-state index is 13.4. The van der Waals surface area contributed by atoms with E-state index in [1.165, 1.54) is 0 Å². The Bertz CT molecular complexity index is 1060. The Hall–Kier alpha value is -2.37. The number of carbonyl (C=O) groups is 2. The number of rotatable bonds is 3. The number of hydrogen-bond acceptors (Lipinski definition) is 4. The summed E-state index contributed by atoms with van der Waals surface area (Å²) in [5, 5.41) is 3.49. The van der Waals surface area contributed by atoms with Crippen LogP contribution in [0.4, 0.5) is 0 Å². The van der Waals surface area contributed by atoms with Gasteiger partial charge in [-0.3, -0.25) is 9.59 Å². The van der Waals surface area contributed by atoms with Crippen LogP contribution in [-0.4, -0.2) is 49.4 Å². The number of halogens is 1. The molecule has 0 aromatic heterocycles. The van der Waals surface area contributed by atoms with Gasteiger partial charge in [-0.15, -0.1) is 0 Å². The lowest BCUT2D eigenvalue weighted by atomic mass is 9.89. The van der Waals surface area contributed by atoms with Gasteiger partial charge in [0, 0.05) is 40.7 Å². The molecule has 1 saturated carbocycles. The highest BCUT2D eigenvalue weighted by Gasteiger charge is 2.26. The summed E-state index contributed by atoms with van der Waals surface area (Å²) in [5.74, 6) is 0.583. The van der Waals surface area contributed by atoms with Crippen molar-refractivity contribution in [2.45, 2.75) is 76.9 Å². The van der Waals surface area contributed by atoms with Crippen molar-refractivity contribution in [3.63, 3.8) is 0 Å². The van der Waals surface area contributed by atoms with E-state index in [0.29, 0.717) is 35.2 Å². The maximum Gasteiger partial charge on any atom is 0.252 e. The second kappa shape index (κ2) is 11.6. The van der Waals surface area contributed by atoms with Crippen molar-refractivity contribution in [1.29, 1.82) is 0 Å². The highest BCUT2D eigenvalue weighted by atomic mass is 35.5. The van der Waals surface area contributed by atoms with Gasteiger partial charge in [-0.2, -0.15) is 0 Å². The minimum Gasteiger partial charge on any atom is -0.490 e. The molecule has 1 heterocycles. The van der Waals surface area contributed by atoms with Crippen molar-refractivity contribution in [2.75, 3.05) is 20.6 Å². The molecular weight excluding hydrogens is 460 g/mol. The number of fused-ring (bicyclic) bond motifs is 1. The number of nitrogens with one attached hydrogen (secondary N) is 1. The first-order valence-corrected chi connectivity index (χ1v) is 13.2. The van der Waals surface area contributed by atoms with E-state index in [1.54, 1.807) is 6.07 Å². The van der Waals surface area contributed by atoms with E-state index in [0.717, 1.165) is 67.2 Å². The van der Waals surface area contributed by atoms with E-state index in [1.807, 2.05) is 13.0 Å². The Kier molecular flexibility index (Phi) is 8.51. The summed E-state index contributed by atoms with van der Waals surface area (Å²) in [5.41, 5.74) is 4.24. The van der Waals surface area contributed by atoms with E-state index >= 15 is 0 Å². The van der Waals surface area contributed by atoms with E-state index in [4.69, 9.17) is 16.3 Å². The summed E-state index contributed by atoms with van der Waals surface area (Å²) in [6.45, 7) is 2.23. The van der Waals surface area contributed by atoms with Crippen molar-refractivity contribution in [3.8, 4) is 5.75 Å². The molecule has 6 heteroatoms. The summed E-state index contributed by atoms with van der Waals surface area (Å²) in [6.07, 6.45) is 14.4. The van der Waals surface area contributed by atoms with Crippen LogP contribution in [0, 0.1) is 0 Å². The minimum absolute atomic E-state index is 0.106. The second-order valence-corrected chi connectivity index (χ2v) is 10.7. The molecule has 0 saturated heterocycles. The molecule has 3 aliphatic rings. The van der Waals surface area contributed by atoms with Crippen molar-refractivity contribution >= 4 is 23.3 Å². The van der Waals surface area contributed by atoms with E-state index < -0.39 is 0 Å². The first kappa shape index (κ1) is 25.7. The smallest absolute Gasteiger partial charge is 0.252 e. The Balaban J connectivity index is 1.60. The van der Waals surface area contributed by atoms with Gasteiger partial charge < -0.3 is 15.0 Å². The van der Waals surface area contributed by atoms with Crippen LogP contribution >= 0.6 is 11.6 Å². The fourth-order valence-corrected chi connectivity index (χ4v) is 5.60. The predicted octanol–water partition coefficient (Wildman–Crippen LogP) is 5.82. The van der Waals surface area contributed by atoms with Gasteiger partial charge in [0.15, 0.2) is 5.78 Å². The van der Waals surface area contributed by atoms with Crippen LogP contribution in [-0.2, 0) is 11.2 Å². The third kappa shape index (κ3) is 6.45. The molecule has 0 bridgehead atoms. The quantitative estimate of drug-likeness (QED) is 0.536. The molecule has 1 fully saturated rings. The maximum absolute atomic E-state index is 13.4. The average Bonchev–Trinajstić information content (AvgIpc) is 2.82. The monoisotopic (exact) mass is 496 g/mol. The number of ketones is 1. The Morgan fingerprint density at radius 3 is 2.60 bits per heavy atom. The molecule has 1 aromatic rings. The minimum atomic E-state index is -0.220. The SMILES string of the molecule is CC1=CC2=C(CNC(=O)c3cc(Cl)cc(OC4CCC(N(C)C)CC4)c3C/C=C/CCC2)C(=O)C1. The number of nitrogens with zero attached hydrogens (tertiary/aromatic N) is 1. The molecule has 0 atom stereocenters. The number of amides is 1. The molecule has 5 nitrogen and oxygen atoms in total. The van der Waals surface area contributed by atoms with Crippen molar-refractivity contribution < 1.29 is 14.3 Å². The van der Waals surface area contributed by atoms with Crippen molar-refractivity contribution in [3.05, 3.63) is 63.2 Å². The topological polar surface area (TPSA) is 58.6 Å². The summed E-state index contributed by atoms with van der Waals surface area (Å²) in [4.78, 5) is 28.4. The zero-order chi connectivity index (χ0) is 24.9. The van der Waals surface area contributed by atoms with Crippen LogP contribution < -0.4 is 10.1 Å². The van der Waals surface area contributed by atoms with Gasteiger partial charge in [0.25, 0.3) is 5.91 Å². The van der Waals surface area contributed by atoms with Gasteiger partial charge in [0.05, 0.1) is 6.10 Å². The standard InChI is InChI=1S/C29H37ClN2O3/c1-19-14-20-8-6-4-5-7-9-24-25(29(34)31-18-26(20)27(33)15-19)16-21(30)17-28(24)35-23-12-10-22(11-13-23)32(2)3/h5,7,14,16-17,22-23H,4,6,8-13,15,18H2,1-3H3,(H,31,34)/b7-5+. The molecule has 1 N–H and O–H groups in total. The van der Waals surface area contributed by atoms with E-state index in [9.17, 15) is 9.59 Å². The lowest BCUT2D eigenvalue weighted by Crippen LogP contribution is -2.35. The van der Waals surface area contributed by atoms with Crippen LogP contribution in [0.15, 0.2) is 47.1 Å². The molecule has 0 unspecified atom stereocenters. The zero-order valence-electron chi connectivity index (χ0n) is 21.2. The molecule has 1 aliphatic heterocycles. The van der Waals surface area contributed by atoms with E-state index in [2.05, 4.69) is 42.5 Å². The van der Waals surface area contributed by atoms with Crippen molar-refractivity contribution in [2.24, 2.45) is 0 Å². The highest BCUT2D eigenvalue weighted by Crippen LogP contribution is 2.33. The van der Waals surface area contributed by atoms with Gasteiger partial charge in [0.1, 0.15) is 5.75 Å². The largest absolute Gasteiger partial charge is 0.490 e. The molecule has 4 rings (SSSR count). The molecule has 1 amide bonds. The van der Waals surface area contributed by atoms with Gasteiger partial charge in [-0.25, -0.2) is 0 Å². The number of benzene rings is 1. The lowest BCUT2D eigenvalue weighted by molar-refractivity contribution is -0.115. The Labute approximate surface area is 214 Å². The summed E-state index contributed by atoms with van der Waals surface area (Å²) >= 11 is 6.48. The summed E-state index contributed by atoms with van der Waals surface area (Å²) < 4.78 is 6.49. The normalized spacial score (nSPS) is 24.9. The Morgan fingerprint density at radius 2 is 1.86 bits per heavy atom. The lowest BCUT2D eigenvalue weighted by Gasteiger charge is -2.33. The number of hydrogen-bond donors (Lipinski definition) is 1. The third-order valence-corrected chi connectivity index (χ3v) is 7.62. The molecule has 0 spiro atoms. The summed E-state index contributed by atoms with van der Waals surface area (Å²) in [7, 11) is 4.26. The molecule has 0 radical (unpaired) electrons. The van der Waals surface area contributed by atoms with Crippen LogP contribution in [0.2, 0.25) is 5.02 Å². The van der Waals surface area contributed by atoms with Gasteiger partial charge in [-0.1, -0.05) is 35.4 Å². The van der Waals surface area contributed by atoms with Gasteiger partial charge in [-0.05, 0) is 90.1 Å². The average molecular weight is 497 g/mol. The van der Waals surface area contributed by atoms with Crippen LogP contribution in [0.5, 0.6) is 5.75 Å². The fraction of sp³-hybridized carbons (Fsp3) is 0.517. The van der Waals surface area contributed by atoms with Gasteiger partial charge >= 0.3 is 0 Å². The van der Waals surface area contributed by atoms with E-state index in [-0.39, 0.29) is 24.3 Å². The zero-order valence-corrected chi connectivity index (χ0v) is 21.9. The number of Topliss-reactive ketones (excluding diaryl/α,β-unsaturated/α-hetero) is 1. The second-order valence-electron chi connectivity index (χ2n) is 10.3. The number of carbonyl (C=O) groups excluding carboxylic acids is 2. The molecular formula is C29H37ClN2O3. The van der Waals surface area contributed by atoms with Gasteiger partial charge in [0.2, 0.25) is 0 Å². The third-order valence-electron chi connectivity index (χ3n) is 7.40. The highest BCUT2D eigenvalue weighted by molar-refractivity contribution is 6.31. The first-order valence-electron chi connectivity index (χ1n) is 12.8. The first-order chi connectivity index (χ1) is 16.8. The fourth-order valence-electron chi connectivity index (χ4n) is 5.39. The number of ether oxygens (including phenoxy) is 1. The van der Waals surface area contributed by atoms with Crippen molar-refractivity contribution in [1.82, 2.24) is 10.2 Å². The summed E-state index contributed by atoms with van der Waals surface area (Å²) in [6, 6.07) is 4.15. The van der Waals surface area contributed by atoms with Crippen LogP contribution in [0.3, 0.4) is 0 Å². The molecule has 2 aliphatic carbocycles. The van der Waals surface area contributed by atoms with Crippen LogP contribution in [0.1, 0.15) is 74.2 Å².